The van der Waals surface area contributed by atoms with Crippen LogP contribution in [-0.2, 0) is 6.54 Å². The van der Waals surface area contributed by atoms with Gasteiger partial charge in [-0.3, -0.25) is 0 Å². The van der Waals surface area contributed by atoms with Crippen LogP contribution >= 0.6 is 0 Å². The van der Waals surface area contributed by atoms with Gasteiger partial charge in [0.1, 0.15) is 11.5 Å². The average Bonchev–Trinajstić information content (AvgIpc) is 2.48. The number of hydrogen-bond acceptors (Lipinski definition) is 5. The molecule has 0 amide bonds. The number of alkyl halides is 3. The molecule has 1 heterocycles. The third-order valence-corrected chi connectivity index (χ3v) is 2.93. The normalized spacial score (nSPS) is 11.4. The molecule has 0 atom stereocenters. The zero-order chi connectivity index (χ0) is 18.6. The molecule has 0 radical (unpaired) electrons. The average molecular weight is 356 g/mol. The van der Waals surface area contributed by atoms with Crippen molar-refractivity contribution in [1.82, 2.24) is 9.88 Å². The standard InChI is InChI=1S/C16H15F3N2O4/c1-21(2)9-11-7-10(15(22)23)8-20-14(11)24-12-3-5-13(6-4-12)25-16(17,18)19/h3-8H,9H2,1-2H3,(H,22,23). The molecule has 134 valence electrons. The lowest BCUT2D eigenvalue weighted by atomic mass is 10.2. The molecule has 0 bridgehead atoms. The number of ether oxygens (including phenoxy) is 2. The molecule has 9 heteroatoms. The number of hydrogen-bond donors (Lipinski definition) is 1. The van der Waals surface area contributed by atoms with Crippen molar-refractivity contribution in [2.24, 2.45) is 0 Å². The summed E-state index contributed by atoms with van der Waals surface area (Å²) in [5.41, 5.74) is 0.540. The van der Waals surface area contributed by atoms with Gasteiger partial charge >= 0.3 is 12.3 Å². The van der Waals surface area contributed by atoms with E-state index in [-0.39, 0.29) is 22.9 Å². The fraction of sp³-hybridized carbons (Fsp3) is 0.250. The SMILES string of the molecule is CN(C)Cc1cc(C(=O)O)cnc1Oc1ccc(OC(F)(F)F)cc1. The summed E-state index contributed by atoms with van der Waals surface area (Å²) in [6, 6.07) is 6.26. The van der Waals surface area contributed by atoms with E-state index in [1.165, 1.54) is 18.2 Å². The summed E-state index contributed by atoms with van der Waals surface area (Å²) >= 11 is 0. The van der Waals surface area contributed by atoms with Crippen LogP contribution in [0, 0.1) is 0 Å². The maximum absolute atomic E-state index is 12.2. The second kappa shape index (κ2) is 7.39. The Labute approximate surface area is 141 Å². The Morgan fingerprint density at radius 2 is 1.80 bits per heavy atom. The number of aromatic nitrogens is 1. The van der Waals surface area contributed by atoms with Crippen molar-refractivity contribution in [2.45, 2.75) is 12.9 Å². The topological polar surface area (TPSA) is 71.9 Å². The summed E-state index contributed by atoms with van der Waals surface area (Å²) in [6.07, 6.45) is -3.62. The van der Waals surface area contributed by atoms with Crippen LogP contribution in [0.1, 0.15) is 15.9 Å². The maximum atomic E-state index is 12.2. The predicted octanol–water partition coefficient (Wildman–Crippen LogP) is 3.53. The van der Waals surface area contributed by atoms with E-state index < -0.39 is 12.3 Å². The van der Waals surface area contributed by atoms with Crippen LogP contribution in [0.2, 0.25) is 0 Å². The van der Waals surface area contributed by atoms with E-state index in [1.54, 1.807) is 19.0 Å². The van der Waals surface area contributed by atoms with E-state index in [1.807, 2.05) is 0 Å². The number of halogens is 3. The molecule has 0 spiro atoms. The van der Waals surface area contributed by atoms with Crippen LogP contribution in [0.4, 0.5) is 13.2 Å². The van der Waals surface area contributed by atoms with Crippen molar-refractivity contribution in [2.75, 3.05) is 14.1 Å². The molecule has 25 heavy (non-hydrogen) atoms. The van der Waals surface area contributed by atoms with Crippen LogP contribution in [0.25, 0.3) is 0 Å². The van der Waals surface area contributed by atoms with Crippen molar-refractivity contribution < 1.29 is 32.5 Å². The molecule has 0 saturated heterocycles. The molecule has 0 aliphatic rings. The summed E-state index contributed by atoms with van der Waals surface area (Å²) < 4.78 is 45.8. The number of carboxylic acids is 1. The smallest absolute Gasteiger partial charge is 0.478 e. The van der Waals surface area contributed by atoms with E-state index in [2.05, 4.69) is 9.72 Å². The molecule has 2 aromatic rings. The molecule has 1 aromatic heterocycles. The third kappa shape index (κ3) is 5.64. The van der Waals surface area contributed by atoms with Crippen LogP contribution in [-0.4, -0.2) is 41.4 Å². The van der Waals surface area contributed by atoms with Gasteiger partial charge in [0.2, 0.25) is 5.88 Å². The minimum Gasteiger partial charge on any atom is -0.478 e. The Morgan fingerprint density at radius 3 is 2.32 bits per heavy atom. The van der Waals surface area contributed by atoms with Gasteiger partial charge in [-0.15, -0.1) is 13.2 Å². The van der Waals surface area contributed by atoms with E-state index in [9.17, 15) is 18.0 Å². The van der Waals surface area contributed by atoms with Crippen LogP contribution in [0.15, 0.2) is 36.5 Å². The van der Waals surface area contributed by atoms with Gasteiger partial charge in [0.25, 0.3) is 0 Å². The van der Waals surface area contributed by atoms with Gasteiger partial charge in [-0.05, 0) is 44.4 Å². The maximum Gasteiger partial charge on any atom is 0.573 e. The first-order valence-corrected chi connectivity index (χ1v) is 7.04. The summed E-state index contributed by atoms with van der Waals surface area (Å²) in [7, 11) is 3.58. The minimum absolute atomic E-state index is 0.0122. The molecule has 6 nitrogen and oxygen atoms in total. The molecule has 0 unspecified atom stereocenters. The second-order valence-electron chi connectivity index (χ2n) is 5.35. The highest BCUT2D eigenvalue weighted by molar-refractivity contribution is 5.87. The highest BCUT2D eigenvalue weighted by atomic mass is 19.4. The summed E-state index contributed by atoms with van der Waals surface area (Å²) in [6.45, 7) is 0.374. The van der Waals surface area contributed by atoms with Gasteiger partial charge < -0.3 is 19.5 Å². The molecular formula is C16H15F3N2O4. The van der Waals surface area contributed by atoms with Crippen molar-refractivity contribution in [3.8, 4) is 17.4 Å². The Hall–Kier alpha value is -2.81. The van der Waals surface area contributed by atoms with Gasteiger partial charge in [0, 0.05) is 18.3 Å². The van der Waals surface area contributed by atoms with Crippen molar-refractivity contribution >= 4 is 5.97 Å². The first-order valence-electron chi connectivity index (χ1n) is 7.04. The minimum atomic E-state index is -4.77. The molecule has 0 aliphatic heterocycles. The molecule has 0 fully saturated rings. The summed E-state index contributed by atoms with van der Waals surface area (Å²) in [5.74, 6) is -1.08. The lowest BCUT2D eigenvalue weighted by molar-refractivity contribution is -0.274. The number of nitrogens with zero attached hydrogens (tertiary/aromatic N) is 2. The van der Waals surface area contributed by atoms with Gasteiger partial charge in [0.05, 0.1) is 5.56 Å². The first kappa shape index (κ1) is 18.5. The van der Waals surface area contributed by atoms with Gasteiger partial charge in [-0.2, -0.15) is 0 Å². The number of benzene rings is 1. The number of carboxylic acid groups (broad SMARTS) is 1. The van der Waals surface area contributed by atoms with Gasteiger partial charge in [-0.25, -0.2) is 9.78 Å². The number of pyridine rings is 1. The number of rotatable bonds is 6. The van der Waals surface area contributed by atoms with E-state index >= 15 is 0 Å². The molecule has 2 rings (SSSR count). The summed E-state index contributed by atoms with van der Waals surface area (Å²) in [4.78, 5) is 16.9. The Balaban J connectivity index is 2.22. The Morgan fingerprint density at radius 1 is 1.20 bits per heavy atom. The Bertz CT molecular complexity index is 746. The number of aromatic carboxylic acids is 1. The van der Waals surface area contributed by atoms with E-state index in [0.717, 1.165) is 18.3 Å². The zero-order valence-corrected chi connectivity index (χ0v) is 13.4. The molecule has 0 aliphatic carbocycles. The first-order chi connectivity index (χ1) is 11.6. The van der Waals surface area contributed by atoms with Crippen LogP contribution in [0.3, 0.4) is 0 Å². The lowest BCUT2D eigenvalue weighted by Gasteiger charge is -2.15. The van der Waals surface area contributed by atoms with Crippen molar-refractivity contribution in [3.63, 3.8) is 0 Å². The van der Waals surface area contributed by atoms with Gasteiger partial charge in [0.15, 0.2) is 0 Å². The van der Waals surface area contributed by atoms with Crippen LogP contribution < -0.4 is 9.47 Å². The predicted molar refractivity (Wildman–Crippen MR) is 81.8 cm³/mol. The van der Waals surface area contributed by atoms with Gasteiger partial charge in [-0.1, -0.05) is 0 Å². The van der Waals surface area contributed by atoms with E-state index in [4.69, 9.17) is 9.84 Å². The fourth-order valence-corrected chi connectivity index (χ4v) is 1.98. The van der Waals surface area contributed by atoms with Crippen molar-refractivity contribution in [1.29, 1.82) is 0 Å². The molecule has 0 saturated carbocycles. The largest absolute Gasteiger partial charge is 0.573 e. The Kier molecular flexibility index (Phi) is 5.48. The highest BCUT2D eigenvalue weighted by Crippen LogP contribution is 2.28. The van der Waals surface area contributed by atoms with Crippen LogP contribution in [0.5, 0.6) is 17.4 Å². The van der Waals surface area contributed by atoms with E-state index in [0.29, 0.717) is 12.1 Å². The number of carbonyl (C=O) groups is 1. The quantitative estimate of drug-likeness (QED) is 0.854. The summed E-state index contributed by atoms with van der Waals surface area (Å²) in [5, 5.41) is 9.05. The molecule has 1 aromatic carbocycles. The lowest BCUT2D eigenvalue weighted by Crippen LogP contribution is -2.16. The highest BCUT2D eigenvalue weighted by Gasteiger charge is 2.31. The third-order valence-electron chi connectivity index (χ3n) is 2.93. The second-order valence-corrected chi connectivity index (χ2v) is 5.35. The fourth-order valence-electron chi connectivity index (χ4n) is 1.98. The van der Waals surface area contributed by atoms with Crippen molar-refractivity contribution in [3.05, 3.63) is 47.7 Å². The monoisotopic (exact) mass is 356 g/mol. The zero-order valence-electron chi connectivity index (χ0n) is 13.4. The molecule has 1 N–H and O–H groups in total. The molecular weight excluding hydrogens is 341 g/mol.